The number of aromatic nitrogens is 2. The van der Waals surface area contributed by atoms with Gasteiger partial charge in [-0.2, -0.15) is 0 Å². The summed E-state index contributed by atoms with van der Waals surface area (Å²) in [7, 11) is 0. The molecule has 0 fully saturated rings. The SMILES string of the molecule is CCCNc1cncc(SCCN(CC)CC)n1. The quantitative estimate of drug-likeness (QED) is 0.697. The van der Waals surface area contributed by atoms with Crippen molar-refractivity contribution in [2.45, 2.75) is 32.2 Å². The molecule has 0 radical (unpaired) electrons. The normalized spacial score (nSPS) is 10.9. The van der Waals surface area contributed by atoms with Crippen molar-refractivity contribution in [3.05, 3.63) is 12.4 Å². The van der Waals surface area contributed by atoms with Crippen LogP contribution in [0.2, 0.25) is 0 Å². The van der Waals surface area contributed by atoms with E-state index in [0.717, 1.165) is 49.2 Å². The predicted molar refractivity (Wildman–Crippen MR) is 79.3 cm³/mol. The maximum absolute atomic E-state index is 4.53. The lowest BCUT2D eigenvalue weighted by molar-refractivity contribution is 0.324. The Morgan fingerprint density at radius 1 is 1.22 bits per heavy atom. The Morgan fingerprint density at radius 2 is 2.00 bits per heavy atom. The Morgan fingerprint density at radius 3 is 2.67 bits per heavy atom. The van der Waals surface area contributed by atoms with E-state index in [-0.39, 0.29) is 0 Å². The molecule has 0 saturated heterocycles. The molecule has 0 aliphatic heterocycles. The number of nitrogens with zero attached hydrogens (tertiary/aromatic N) is 3. The summed E-state index contributed by atoms with van der Waals surface area (Å²) in [6.45, 7) is 10.8. The molecule has 1 aromatic heterocycles. The second-order valence-corrected chi connectivity index (χ2v) is 5.16. The average molecular weight is 268 g/mol. The van der Waals surface area contributed by atoms with E-state index in [0.29, 0.717) is 0 Å². The molecule has 1 rings (SSSR count). The highest BCUT2D eigenvalue weighted by Gasteiger charge is 2.02. The van der Waals surface area contributed by atoms with Crippen molar-refractivity contribution in [3.8, 4) is 0 Å². The summed E-state index contributed by atoms with van der Waals surface area (Å²) < 4.78 is 0. The molecular weight excluding hydrogens is 244 g/mol. The van der Waals surface area contributed by atoms with Gasteiger partial charge in [0.1, 0.15) is 10.8 Å². The van der Waals surface area contributed by atoms with Crippen LogP contribution in [0.25, 0.3) is 0 Å². The second kappa shape index (κ2) is 9.16. The second-order valence-electron chi connectivity index (χ2n) is 4.04. The lowest BCUT2D eigenvalue weighted by Crippen LogP contribution is -2.25. The van der Waals surface area contributed by atoms with Gasteiger partial charge in [0.25, 0.3) is 0 Å². The van der Waals surface area contributed by atoms with Gasteiger partial charge in [-0.05, 0) is 19.5 Å². The average Bonchev–Trinajstić information content (AvgIpc) is 2.42. The van der Waals surface area contributed by atoms with E-state index in [2.05, 4.69) is 41.0 Å². The molecular formula is C13H24N4S. The zero-order valence-electron chi connectivity index (χ0n) is 11.6. The molecule has 1 aromatic rings. The Kier molecular flexibility index (Phi) is 7.76. The number of hydrogen-bond acceptors (Lipinski definition) is 5. The van der Waals surface area contributed by atoms with Gasteiger partial charge < -0.3 is 10.2 Å². The molecule has 0 saturated carbocycles. The van der Waals surface area contributed by atoms with Gasteiger partial charge in [0, 0.05) is 18.8 Å². The van der Waals surface area contributed by atoms with Gasteiger partial charge >= 0.3 is 0 Å². The van der Waals surface area contributed by atoms with E-state index in [1.54, 1.807) is 18.0 Å². The topological polar surface area (TPSA) is 41.1 Å². The first-order chi connectivity index (χ1) is 8.80. The van der Waals surface area contributed by atoms with Crippen LogP contribution < -0.4 is 5.32 Å². The maximum atomic E-state index is 4.53. The summed E-state index contributed by atoms with van der Waals surface area (Å²) in [5.74, 6) is 1.94. The van der Waals surface area contributed by atoms with Crippen molar-refractivity contribution in [1.82, 2.24) is 14.9 Å². The van der Waals surface area contributed by atoms with Crippen molar-refractivity contribution in [2.24, 2.45) is 0 Å². The van der Waals surface area contributed by atoms with Crippen LogP contribution in [0.3, 0.4) is 0 Å². The van der Waals surface area contributed by atoms with Gasteiger partial charge in [-0.3, -0.25) is 4.98 Å². The van der Waals surface area contributed by atoms with Crippen LogP contribution in [0.4, 0.5) is 5.82 Å². The molecule has 0 aliphatic rings. The first-order valence-electron chi connectivity index (χ1n) is 6.71. The van der Waals surface area contributed by atoms with Crippen molar-refractivity contribution in [3.63, 3.8) is 0 Å². The molecule has 5 heteroatoms. The zero-order valence-corrected chi connectivity index (χ0v) is 12.5. The summed E-state index contributed by atoms with van der Waals surface area (Å²) in [5, 5.41) is 4.26. The molecule has 1 N–H and O–H groups in total. The van der Waals surface area contributed by atoms with Gasteiger partial charge in [-0.15, -0.1) is 11.8 Å². The van der Waals surface area contributed by atoms with Crippen LogP contribution in [-0.4, -0.2) is 46.8 Å². The van der Waals surface area contributed by atoms with E-state index in [9.17, 15) is 0 Å². The molecule has 0 spiro atoms. The number of anilines is 1. The fraction of sp³-hybridized carbons (Fsp3) is 0.692. The molecule has 1 heterocycles. The minimum atomic E-state index is 0.879. The van der Waals surface area contributed by atoms with Crippen LogP contribution in [-0.2, 0) is 0 Å². The third-order valence-corrected chi connectivity index (χ3v) is 3.60. The van der Waals surface area contributed by atoms with E-state index in [4.69, 9.17) is 0 Å². The van der Waals surface area contributed by atoms with Crippen molar-refractivity contribution in [1.29, 1.82) is 0 Å². The molecule has 18 heavy (non-hydrogen) atoms. The summed E-state index contributed by atoms with van der Waals surface area (Å²) in [4.78, 5) is 11.2. The number of hydrogen-bond donors (Lipinski definition) is 1. The Bertz CT molecular complexity index is 329. The van der Waals surface area contributed by atoms with Crippen LogP contribution in [0.1, 0.15) is 27.2 Å². The fourth-order valence-electron chi connectivity index (χ4n) is 1.58. The first kappa shape index (κ1) is 15.2. The van der Waals surface area contributed by atoms with Gasteiger partial charge in [0.2, 0.25) is 0 Å². The van der Waals surface area contributed by atoms with Crippen LogP contribution in [0.15, 0.2) is 17.4 Å². The van der Waals surface area contributed by atoms with E-state index < -0.39 is 0 Å². The van der Waals surface area contributed by atoms with Gasteiger partial charge in [0.05, 0.1) is 12.4 Å². The molecule has 0 atom stereocenters. The molecule has 0 unspecified atom stereocenters. The minimum absolute atomic E-state index is 0.879. The Hall–Kier alpha value is -0.810. The van der Waals surface area contributed by atoms with Crippen LogP contribution in [0.5, 0.6) is 0 Å². The van der Waals surface area contributed by atoms with Gasteiger partial charge in [-0.1, -0.05) is 20.8 Å². The number of thioether (sulfide) groups is 1. The standard InChI is InChI=1S/C13H24N4S/c1-4-7-15-12-10-14-11-13(16-12)18-9-8-17(5-2)6-3/h10-11H,4-9H2,1-3H3,(H,15,16). The Balaban J connectivity index is 2.37. The molecule has 4 nitrogen and oxygen atoms in total. The number of rotatable bonds is 9. The van der Waals surface area contributed by atoms with Gasteiger partial charge in [0.15, 0.2) is 0 Å². The maximum Gasteiger partial charge on any atom is 0.145 e. The summed E-state index contributed by atoms with van der Waals surface area (Å²) in [6.07, 6.45) is 4.72. The monoisotopic (exact) mass is 268 g/mol. The highest BCUT2D eigenvalue weighted by Crippen LogP contribution is 2.16. The smallest absolute Gasteiger partial charge is 0.145 e. The molecule has 0 aliphatic carbocycles. The fourth-order valence-corrected chi connectivity index (χ4v) is 2.43. The third kappa shape index (κ3) is 5.69. The molecule has 0 amide bonds. The van der Waals surface area contributed by atoms with E-state index >= 15 is 0 Å². The highest BCUT2D eigenvalue weighted by molar-refractivity contribution is 7.99. The predicted octanol–water partition coefficient (Wildman–Crippen LogP) is 2.73. The largest absolute Gasteiger partial charge is 0.369 e. The number of nitrogens with one attached hydrogen (secondary N) is 1. The summed E-state index contributed by atoms with van der Waals surface area (Å²) in [5.41, 5.74) is 0. The molecule has 0 bridgehead atoms. The third-order valence-electron chi connectivity index (χ3n) is 2.72. The zero-order chi connectivity index (χ0) is 13.2. The molecule has 102 valence electrons. The van der Waals surface area contributed by atoms with E-state index in [1.807, 2.05) is 6.20 Å². The van der Waals surface area contributed by atoms with Crippen LogP contribution >= 0.6 is 11.8 Å². The molecule has 0 aromatic carbocycles. The van der Waals surface area contributed by atoms with Crippen molar-refractivity contribution in [2.75, 3.05) is 37.2 Å². The van der Waals surface area contributed by atoms with Crippen molar-refractivity contribution < 1.29 is 0 Å². The lowest BCUT2D eigenvalue weighted by atomic mass is 10.5. The van der Waals surface area contributed by atoms with Gasteiger partial charge in [-0.25, -0.2) is 4.98 Å². The van der Waals surface area contributed by atoms with Crippen LogP contribution in [0, 0.1) is 0 Å². The minimum Gasteiger partial charge on any atom is -0.369 e. The Labute approximate surface area is 115 Å². The van der Waals surface area contributed by atoms with E-state index in [1.165, 1.54) is 0 Å². The summed E-state index contributed by atoms with van der Waals surface area (Å²) in [6, 6.07) is 0. The summed E-state index contributed by atoms with van der Waals surface area (Å²) >= 11 is 1.77. The van der Waals surface area contributed by atoms with Crippen molar-refractivity contribution >= 4 is 17.6 Å². The first-order valence-corrected chi connectivity index (χ1v) is 7.69. The lowest BCUT2D eigenvalue weighted by Gasteiger charge is -2.17. The highest BCUT2D eigenvalue weighted by atomic mass is 32.2.